The van der Waals surface area contributed by atoms with Gasteiger partial charge >= 0.3 is 5.97 Å². The number of hydrogen-bond donors (Lipinski definition) is 2. The van der Waals surface area contributed by atoms with Crippen LogP contribution in [0.1, 0.15) is 31.2 Å². The molecule has 1 heterocycles. The number of carbonyl (C=O) groups is 1. The third-order valence-electron chi connectivity index (χ3n) is 4.07. The number of nitrogens with one attached hydrogen (secondary N) is 1. The topological polar surface area (TPSA) is 62.2 Å². The highest BCUT2D eigenvalue weighted by molar-refractivity contribution is 7.16. The summed E-state index contributed by atoms with van der Waals surface area (Å²) in [6.45, 7) is 0.829. The fraction of sp³-hybridized carbons (Fsp3) is 0.467. The molecule has 4 nitrogen and oxygen atoms in total. The summed E-state index contributed by atoms with van der Waals surface area (Å²) in [6.07, 6.45) is 3.49. The minimum absolute atomic E-state index is 0.139. The molecule has 5 heteroatoms. The summed E-state index contributed by atoms with van der Waals surface area (Å²) < 4.78 is 1.22. The molecule has 0 atom stereocenters. The Morgan fingerprint density at radius 1 is 1.35 bits per heavy atom. The molecule has 0 saturated heterocycles. The van der Waals surface area contributed by atoms with Gasteiger partial charge in [0.15, 0.2) is 0 Å². The van der Waals surface area contributed by atoms with Crippen LogP contribution in [0.3, 0.4) is 0 Å². The maximum Gasteiger partial charge on any atom is 0.306 e. The molecule has 0 bridgehead atoms. The van der Waals surface area contributed by atoms with E-state index in [1.165, 1.54) is 10.3 Å². The standard InChI is InChI=1S/C15H18N2O2S/c18-15(19)11-2-4-12(5-3-11)16-8-10-1-6-14-13(7-10)17-9-20-14/h1,6-7,9,11-12,16H,2-5,8H2,(H,18,19). The Balaban J connectivity index is 1.53. The van der Waals surface area contributed by atoms with E-state index in [0.717, 1.165) is 37.7 Å². The van der Waals surface area contributed by atoms with Crippen LogP contribution in [-0.2, 0) is 11.3 Å². The van der Waals surface area contributed by atoms with Gasteiger partial charge in [0, 0.05) is 12.6 Å². The highest BCUT2D eigenvalue weighted by Gasteiger charge is 2.25. The molecule has 2 aromatic rings. The molecule has 1 aliphatic carbocycles. The molecule has 1 fully saturated rings. The van der Waals surface area contributed by atoms with E-state index in [1.807, 2.05) is 5.51 Å². The quantitative estimate of drug-likeness (QED) is 0.908. The van der Waals surface area contributed by atoms with E-state index < -0.39 is 5.97 Å². The molecule has 20 heavy (non-hydrogen) atoms. The number of nitrogens with zero attached hydrogens (tertiary/aromatic N) is 1. The Morgan fingerprint density at radius 3 is 2.90 bits per heavy atom. The van der Waals surface area contributed by atoms with E-state index in [1.54, 1.807) is 11.3 Å². The van der Waals surface area contributed by atoms with Gasteiger partial charge in [0.1, 0.15) is 0 Å². The minimum Gasteiger partial charge on any atom is -0.481 e. The van der Waals surface area contributed by atoms with E-state index in [2.05, 4.69) is 28.5 Å². The first-order chi connectivity index (χ1) is 9.72. The second-order valence-electron chi connectivity index (χ2n) is 5.42. The Hall–Kier alpha value is -1.46. The first-order valence-corrected chi connectivity index (χ1v) is 7.88. The molecule has 0 unspecified atom stereocenters. The number of hydrogen-bond acceptors (Lipinski definition) is 4. The van der Waals surface area contributed by atoms with Crippen molar-refractivity contribution in [1.29, 1.82) is 0 Å². The van der Waals surface area contributed by atoms with Gasteiger partial charge in [-0.1, -0.05) is 6.07 Å². The summed E-state index contributed by atoms with van der Waals surface area (Å²) in [5.41, 5.74) is 4.17. The summed E-state index contributed by atoms with van der Waals surface area (Å²) in [5.74, 6) is -0.781. The van der Waals surface area contributed by atoms with Gasteiger partial charge in [-0.2, -0.15) is 0 Å². The first-order valence-electron chi connectivity index (χ1n) is 7.00. The van der Waals surface area contributed by atoms with Gasteiger partial charge in [0.05, 0.1) is 21.6 Å². The van der Waals surface area contributed by atoms with Crippen molar-refractivity contribution in [2.24, 2.45) is 5.92 Å². The third-order valence-corrected chi connectivity index (χ3v) is 4.88. The van der Waals surface area contributed by atoms with Crippen LogP contribution in [0.15, 0.2) is 23.7 Å². The molecule has 106 valence electrons. The molecule has 3 rings (SSSR count). The number of benzene rings is 1. The Bertz CT molecular complexity index is 603. The molecule has 1 saturated carbocycles. The van der Waals surface area contributed by atoms with Crippen molar-refractivity contribution in [2.45, 2.75) is 38.3 Å². The zero-order valence-electron chi connectivity index (χ0n) is 11.2. The van der Waals surface area contributed by atoms with Crippen molar-refractivity contribution < 1.29 is 9.90 Å². The average molecular weight is 290 g/mol. The summed E-state index contributed by atoms with van der Waals surface area (Å²) in [5, 5.41) is 12.5. The summed E-state index contributed by atoms with van der Waals surface area (Å²) >= 11 is 1.66. The summed E-state index contributed by atoms with van der Waals surface area (Å²) in [6, 6.07) is 6.82. The molecule has 1 aromatic heterocycles. The van der Waals surface area contributed by atoms with Crippen LogP contribution >= 0.6 is 11.3 Å². The lowest BCUT2D eigenvalue weighted by Crippen LogP contribution is -2.34. The van der Waals surface area contributed by atoms with Gasteiger partial charge < -0.3 is 10.4 Å². The molecular weight excluding hydrogens is 272 g/mol. The average Bonchev–Trinajstić information content (AvgIpc) is 2.93. The zero-order valence-corrected chi connectivity index (χ0v) is 12.0. The Labute approximate surface area is 121 Å². The van der Waals surface area contributed by atoms with Crippen molar-refractivity contribution in [1.82, 2.24) is 10.3 Å². The van der Waals surface area contributed by atoms with Crippen LogP contribution in [0, 0.1) is 5.92 Å². The van der Waals surface area contributed by atoms with Crippen molar-refractivity contribution in [2.75, 3.05) is 0 Å². The van der Waals surface area contributed by atoms with Gasteiger partial charge in [0.2, 0.25) is 0 Å². The highest BCUT2D eigenvalue weighted by Crippen LogP contribution is 2.25. The fourth-order valence-electron chi connectivity index (χ4n) is 2.82. The molecule has 1 aliphatic rings. The van der Waals surface area contributed by atoms with Gasteiger partial charge in [-0.3, -0.25) is 4.79 Å². The van der Waals surface area contributed by atoms with Crippen molar-refractivity contribution in [3.8, 4) is 0 Å². The van der Waals surface area contributed by atoms with Crippen molar-refractivity contribution in [3.05, 3.63) is 29.3 Å². The second-order valence-corrected chi connectivity index (χ2v) is 6.31. The largest absolute Gasteiger partial charge is 0.481 e. The smallest absolute Gasteiger partial charge is 0.306 e. The van der Waals surface area contributed by atoms with E-state index in [0.29, 0.717) is 6.04 Å². The van der Waals surface area contributed by atoms with Gasteiger partial charge in [-0.05, 0) is 43.4 Å². The number of thiazole rings is 1. The molecule has 0 spiro atoms. The van der Waals surface area contributed by atoms with Crippen molar-refractivity contribution >= 4 is 27.5 Å². The van der Waals surface area contributed by atoms with Crippen LogP contribution in [0.2, 0.25) is 0 Å². The molecule has 0 radical (unpaired) electrons. The molecule has 1 aromatic carbocycles. The first kappa shape index (κ1) is 13.5. The summed E-state index contributed by atoms with van der Waals surface area (Å²) in [4.78, 5) is 15.2. The number of carboxylic acids is 1. The predicted octanol–water partition coefficient (Wildman–Crippen LogP) is 3.03. The number of rotatable bonds is 4. The minimum atomic E-state index is -0.641. The highest BCUT2D eigenvalue weighted by atomic mass is 32.1. The maximum absolute atomic E-state index is 10.9. The lowest BCUT2D eigenvalue weighted by Gasteiger charge is -2.27. The molecule has 2 N–H and O–H groups in total. The normalized spacial score (nSPS) is 23.0. The van der Waals surface area contributed by atoms with E-state index >= 15 is 0 Å². The molecule has 0 amide bonds. The third kappa shape index (κ3) is 2.99. The number of carboxylic acid groups (broad SMARTS) is 1. The lowest BCUT2D eigenvalue weighted by molar-refractivity contribution is -0.142. The fourth-order valence-corrected chi connectivity index (χ4v) is 3.48. The Kier molecular flexibility index (Phi) is 3.98. The molecular formula is C15H18N2O2S. The van der Waals surface area contributed by atoms with Gasteiger partial charge in [0.25, 0.3) is 0 Å². The SMILES string of the molecule is O=C(O)C1CCC(NCc2ccc3scnc3c2)CC1. The maximum atomic E-state index is 10.9. The number of aliphatic carboxylic acids is 1. The van der Waals surface area contributed by atoms with Crippen LogP contribution in [-0.4, -0.2) is 22.1 Å². The van der Waals surface area contributed by atoms with Crippen LogP contribution < -0.4 is 5.32 Å². The van der Waals surface area contributed by atoms with E-state index in [4.69, 9.17) is 5.11 Å². The number of fused-ring (bicyclic) bond motifs is 1. The molecule has 0 aliphatic heterocycles. The van der Waals surface area contributed by atoms with Crippen LogP contribution in [0.5, 0.6) is 0 Å². The monoisotopic (exact) mass is 290 g/mol. The van der Waals surface area contributed by atoms with E-state index in [9.17, 15) is 4.79 Å². The van der Waals surface area contributed by atoms with Gasteiger partial charge in [-0.15, -0.1) is 11.3 Å². The van der Waals surface area contributed by atoms with Crippen molar-refractivity contribution in [3.63, 3.8) is 0 Å². The Morgan fingerprint density at radius 2 is 2.15 bits per heavy atom. The zero-order chi connectivity index (χ0) is 13.9. The predicted molar refractivity (Wildman–Crippen MR) is 79.8 cm³/mol. The van der Waals surface area contributed by atoms with Crippen LogP contribution in [0.4, 0.5) is 0 Å². The van der Waals surface area contributed by atoms with E-state index in [-0.39, 0.29) is 5.92 Å². The lowest BCUT2D eigenvalue weighted by atomic mass is 9.86. The summed E-state index contributed by atoms with van der Waals surface area (Å²) in [7, 11) is 0. The van der Waals surface area contributed by atoms with Gasteiger partial charge in [-0.25, -0.2) is 4.98 Å². The number of aromatic nitrogens is 1. The van der Waals surface area contributed by atoms with Crippen LogP contribution in [0.25, 0.3) is 10.2 Å². The second kappa shape index (κ2) is 5.89.